The average molecular weight is 248 g/mol. The Morgan fingerprint density at radius 3 is 2.88 bits per heavy atom. The Labute approximate surface area is 105 Å². The largest absolute Gasteiger partial charge is 0.369 e. The van der Waals surface area contributed by atoms with Crippen molar-refractivity contribution in [2.24, 2.45) is 5.92 Å². The van der Waals surface area contributed by atoms with E-state index in [0.717, 1.165) is 36.1 Å². The van der Waals surface area contributed by atoms with E-state index in [4.69, 9.17) is 11.6 Å². The Hall–Kier alpha value is -1.35. The number of fused-ring (bicyclic) bond motifs is 1. The molecular formula is C13H14ClN3. The maximum atomic E-state index is 5.97. The van der Waals surface area contributed by atoms with E-state index in [2.05, 4.69) is 15.3 Å². The number of anilines is 1. The molecule has 0 unspecified atom stereocenters. The molecule has 1 aromatic heterocycles. The lowest BCUT2D eigenvalue weighted by Gasteiger charge is -2.31. The van der Waals surface area contributed by atoms with Gasteiger partial charge in [0.1, 0.15) is 12.1 Å². The van der Waals surface area contributed by atoms with E-state index in [1.165, 1.54) is 0 Å². The quantitative estimate of drug-likeness (QED) is 0.848. The number of benzene rings is 1. The van der Waals surface area contributed by atoms with Crippen LogP contribution >= 0.6 is 11.6 Å². The summed E-state index contributed by atoms with van der Waals surface area (Å²) in [6.07, 6.45) is 3.82. The van der Waals surface area contributed by atoms with Gasteiger partial charge in [0.2, 0.25) is 0 Å². The molecule has 1 aliphatic carbocycles. The van der Waals surface area contributed by atoms with Crippen molar-refractivity contribution in [2.45, 2.75) is 18.2 Å². The minimum atomic E-state index is 0.379. The first kappa shape index (κ1) is 10.8. The van der Waals surface area contributed by atoms with E-state index in [9.17, 15) is 0 Å². The second kappa shape index (κ2) is 4.49. The molecule has 1 aliphatic rings. The van der Waals surface area contributed by atoms with Crippen molar-refractivity contribution in [1.29, 1.82) is 0 Å². The Balaban J connectivity index is 1.76. The van der Waals surface area contributed by atoms with Crippen molar-refractivity contribution < 1.29 is 0 Å². The lowest BCUT2D eigenvalue weighted by atomic mass is 9.85. The first-order chi connectivity index (χ1) is 8.33. The van der Waals surface area contributed by atoms with Crippen LogP contribution in [0.4, 0.5) is 5.82 Å². The second-order valence-corrected chi connectivity index (χ2v) is 5.17. The summed E-state index contributed by atoms with van der Waals surface area (Å²) in [7, 11) is 0. The van der Waals surface area contributed by atoms with Crippen molar-refractivity contribution in [2.75, 3.05) is 11.9 Å². The van der Waals surface area contributed by atoms with Gasteiger partial charge in [0.05, 0.1) is 5.52 Å². The van der Waals surface area contributed by atoms with Crippen LogP contribution < -0.4 is 5.32 Å². The van der Waals surface area contributed by atoms with Gasteiger partial charge in [-0.05, 0) is 30.9 Å². The molecule has 3 rings (SSSR count). The second-order valence-electron chi connectivity index (χ2n) is 4.56. The highest BCUT2D eigenvalue weighted by molar-refractivity contribution is 6.21. The van der Waals surface area contributed by atoms with Crippen molar-refractivity contribution in [3.05, 3.63) is 30.6 Å². The zero-order chi connectivity index (χ0) is 11.7. The first-order valence-electron chi connectivity index (χ1n) is 5.90. The summed E-state index contributed by atoms with van der Waals surface area (Å²) in [5.74, 6) is 1.61. The Bertz CT molecular complexity index is 518. The highest BCUT2D eigenvalue weighted by Gasteiger charge is 2.26. The molecule has 3 nitrogen and oxygen atoms in total. The molecule has 1 fully saturated rings. The molecule has 0 bridgehead atoms. The number of hydrogen-bond donors (Lipinski definition) is 1. The number of rotatable bonds is 3. The number of halogens is 1. The minimum Gasteiger partial charge on any atom is -0.369 e. The van der Waals surface area contributed by atoms with E-state index in [1.807, 2.05) is 24.3 Å². The Morgan fingerprint density at radius 2 is 2.06 bits per heavy atom. The molecule has 88 valence electrons. The molecule has 0 atom stereocenters. The number of nitrogens with zero attached hydrogens (tertiary/aromatic N) is 2. The van der Waals surface area contributed by atoms with Crippen molar-refractivity contribution in [1.82, 2.24) is 9.97 Å². The number of aromatic nitrogens is 2. The van der Waals surface area contributed by atoms with Gasteiger partial charge in [-0.2, -0.15) is 0 Å². The molecular weight excluding hydrogens is 234 g/mol. The van der Waals surface area contributed by atoms with E-state index in [0.29, 0.717) is 11.3 Å². The number of hydrogen-bond acceptors (Lipinski definition) is 3. The van der Waals surface area contributed by atoms with Crippen LogP contribution in [0.3, 0.4) is 0 Å². The smallest absolute Gasteiger partial charge is 0.137 e. The van der Waals surface area contributed by atoms with Gasteiger partial charge in [0.25, 0.3) is 0 Å². The molecule has 1 saturated carbocycles. The van der Waals surface area contributed by atoms with Crippen molar-refractivity contribution >= 4 is 28.3 Å². The Morgan fingerprint density at radius 1 is 1.24 bits per heavy atom. The maximum Gasteiger partial charge on any atom is 0.137 e. The van der Waals surface area contributed by atoms with Gasteiger partial charge in [-0.25, -0.2) is 9.97 Å². The SMILES string of the molecule is ClC1CC(CNc2ncnc3ccccc23)C1. The van der Waals surface area contributed by atoms with Gasteiger partial charge in [0.15, 0.2) is 0 Å². The molecule has 1 N–H and O–H groups in total. The molecule has 17 heavy (non-hydrogen) atoms. The van der Waals surface area contributed by atoms with E-state index >= 15 is 0 Å². The van der Waals surface area contributed by atoms with Crippen LogP contribution in [-0.4, -0.2) is 21.9 Å². The summed E-state index contributed by atoms with van der Waals surface area (Å²) >= 11 is 5.97. The molecule has 2 aromatic rings. The molecule has 0 aliphatic heterocycles. The standard InChI is InChI=1S/C13H14ClN3/c14-10-5-9(6-10)7-15-13-11-3-1-2-4-12(11)16-8-17-13/h1-4,8-10H,5-7H2,(H,15,16,17). The van der Waals surface area contributed by atoms with Gasteiger partial charge in [-0.1, -0.05) is 12.1 Å². The summed E-state index contributed by atoms with van der Waals surface area (Å²) in [6.45, 7) is 0.949. The van der Waals surface area contributed by atoms with Gasteiger partial charge in [-0.15, -0.1) is 11.6 Å². The molecule has 0 amide bonds. The third kappa shape index (κ3) is 2.20. The fraction of sp³-hybridized carbons (Fsp3) is 0.385. The predicted molar refractivity (Wildman–Crippen MR) is 70.4 cm³/mol. The first-order valence-corrected chi connectivity index (χ1v) is 6.34. The van der Waals surface area contributed by atoms with Crippen molar-refractivity contribution in [3.8, 4) is 0 Å². The number of alkyl halides is 1. The van der Waals surface area contributed by atoms with Gasteiger partial charge < -0.3 is 5.32 Å². The maximum absolute atomic E-state index is 5.97. The topological polar surface area (TPSA) is 37.8 Å². The highest BCUT2D eigenvalue weighted by atomic mass is 35.5. The number of para-hydroxylation sites is 1. The van der Waals surface area contributed by atoms with Crippen LogP contribution in [0.5, 0.6) is 0 Å². The average Bonchev–Trinajstić information content (AvgIpc) is 2.33. The third-order valence-electron chi connectivity index (χ3n) is 3.28. The summed E-state index contributed by atoms with van der Waals surface area (Å²) in [5, 5.41) is 4.86. The van der Waals surface area contributed by atoms with E-state index < -0.39 is 0 Å². The monoisotopic (exact) mass is 247 g/mol. The highest BCUT2D eigenvalue weighted by Crippen LogP contribution is 2.32. The molecule has 1 heterocycles. The van der Waals surface area contributed by atoms with Gasteiger partial charge in [-0.3, -0.25) is 0 Å². The van der Waals surface area contributed by atoms with Crippen LogP contribution in [0.25, 0.3) is 10.9 Å². The summed E-state index contributed by atoms with van der Waals surface area (Å²) in [6, 6.07) is 8.04. The molecule has 4 heteroatoms. The normalized spacial score (nSPS) is 23.4. The molecule has 0 saturated heterocycles. The minimum absolute atomic E-state index is 0.379. The van der Waals surface area contributed by atoms with Crippen LogP contribution in [0.2, 0.25) is 0 Å². The van der Waals surface area contributed by atoms with Gasteiger partial charge >= 0.3 is 0 Å². The summed E-state index contributed by atoms with van der Waals surface area (Å²) < 4.78 is 0. The van der Waals surface area contributed by atoms with E-state index in [1.54, 1.807) is 6.33 Å². The number of nitrogens with one attached hydrogen (secondary N) is 1. The van der Waals surface area contributed by atoms with Crippen LogP contribution in [0.15, 0.2) is 30.6 Å². The summed E-state index contributed by atoms with van der Waals surface area (Å²) in [5.41, 5.74) is 0.980. The fourth-order valence-corrected chi connectivity index (χ4v) is 2.71. The summed E-state index contributed by atoms with van der Waals surface area (Å²) in [4.78, 5) is 8.54. The lowest BCUT2D eigenvalue weighted by molar-refractivity contribution is 0.341. The predicted octanol–water partition coefficient (Wildman–Crippen LogP) is 3.06. The van der Waals surface area contributed by atoms with Crippen LogP contribution in [-0.2, 0) is 0 Å². The lowest BCUT2D eigenvalue weighted by Crippen LogP contribution is -2.30. The fourth-order valence-electron chi connectivity index (χ4n) is 2.21. The van der Waals surface area contributed by atoms with Crippen LogP contribution in [0, 0.1) is 5.92 Å². The van der Waals surface area contributed by atoms with Crippen LogP contribution in [0.1, 0.15) is 12.8 Å². The zero-order valence-corrected chi connectivity index (χ0v) is 10.2. The molecule has 1 aromatic carbocycles. The molecule has 0 spiro atoms. The Kier molecular flexibility index (Phi) is 2.85. The van der Waals surface area contributed by atoms with Crippen molar-refractivity contribution in [3.63, 3.8) is 0 Å². The zero-order valence-electron chi connectivity index (χ0n) is 9.44. The third-order valence-corrected chi connectivity index (χ3v) is 3.64. The van der Waals surface area contributed by atoms with E-state index in [-0.39, 0.29) is 0 Å². The van der Waals surface area contributed by atoms with Gasteiger partial charge in [0, 0.05) is 17.3 Å². The molecule has 0 radical (unpaired) electrons.